The van der Waals surface area contributed by atoms with Crippen LogP contribution in [0.15, 0.2) is 24.5 Å². The summed E-state index contributed by atoms with van der Waals surface area (Å²) in [6.45, 7) is -0.311. The smallest absolute Gasteiger partial charge is 0.433 e. The third-order valence-electron chi connectivity index (χ3n) is 2.11. The van der Waals surface area contributed by atoms with Gasteiger partial charge in [-0.25, -0.2) is 14.5 Å². The van der Waals surface area contributed by atoms with Gasteiger partial charge in [-0.15, -0.1) is 0 Å². The number of ether oxygens (including phenoxy) is 1. The molecule has 0 aromatic carbocycles. The van der Waals surface area contributed by atoms with Gasteiger partial charge in [0.15, 0.2) is 18.1 Å². The molecule has 0 aliphatic heterocycles. The maximum absolute atomic E-state index is 12.4. The number of carboxylic acid groups (broad SMARTS) is 1. The van der Waals surface area contributed by atoms with E-state index < -0.39 is 23.8 Å². The molecule has 0 fully saturated rings. The normalized spacial score (nSPS) is 11.3. The van der Waals surface area contributed by atoms with Crippen LogP contribution in [0.2, 0.25) is 0 Å². The fourth-order valence-corrected chi connectivity index (χ4v) is 1.24. The maximum atomic E-state index is 12.4. The summed E-state index contributed by atoms with van der Waals surface area (Å²) in [6, 6.07) is 1.45. The maximum Gasteiger partial charge on any atom is 0.433 e. The van der Waals surface area contributed by atoms with E-state index in [4.69, 9.17) is 9.84 Å². The minimum atomic E-state index is -4.59. The van der Waals surface area contributed by atoms with E-state index in [1.165, 1.54) is 12.3 Å². The Bertz CT molecular complexity index is 626. The molecule has 2 heterocycles. The van der Waals surface area contributed by atoms with Crippen molar-refractivity contribution in [3.8, 4) is 6.01 Å². The number of carboxylic acids is 1. The second-order valence-corrected chi connectivity index (χ2v) is 3.54. The highest BCUT2D eigenvalue weighted by Crippen LogP contribution is 2.27. The number of hydrogen-bond donors (Lipinski definition) is 1. The van der Waals surface area contributed by atoms with E-state index in [0.717, 1.165) is 10.9 Å². The van der Waals surface area contributed by atoms with Crippen LogP contribution in [-0.4, -0.2) is 30.8 Å². The highest BCUT2D eigenvalue weighted by Gasteiger charge is 2.33. The Hall–Kier alpha value is -2.65. The lowest BCUT2D eigenvalue weighted by molar-refractivity contribution is -0.141. The van der Waals surface area contributed by atoms with Crippen molar-refractivity contribution in [1.29, 1.82) is 0 Å². The molecule has 20 heavy (non-hydrogen) atoms. The Morgan fingerprint density at radius 1 is 1.40 bits per heavy atom. The number of rotatable bonds is 4. The molecule has 0 saturated heterocycles. The van der Waals surface area contributed by atoms with Crippen LogP contribution in [0, 0.1) is 0 Å². The summed E-state index contributed by atoms with van der Waals surface area (Å²) < 4.78 is 43.2. The summed E-state index contributed by atoms with van der Waals surface area (Å²) in [7, 11) is 0. The lowest BCUT2D eigenvalue weighted by atomic mass is 10.4. The molecule has 0 unspecified atom stereocenters. The molecule has 0 radical (unpaired) electrons. The van der Waals surface area contributed by atoms with Gasteiger partial charge in [0.25, 0.3) is 0 Å². The fraction of sp³-hybridized carbons (Fsp3) is 0.200. The van der Waals surface area contributed by atoms with E-state index in [0.29, 0.717) is 6.07 Å². The quantitative estimate of drug-likeness (QED) is 0.915. The van der Waals surface area contributed by atoms with Gasteiger partial charge in [0, 0.05) is 12.4 Å². The van der Waals surface area contributed by atoms with Crippen molar-refractivity contribution in [3.63, 3.8) is 0 Å². The molecule has 0 saturated carbocycles. The molecular weight excluding hydrogens is 281 g/mol. The van der Waals surface area contributed by atoms with Gasteiger partial charge in [0.2, 0.25) is 0 Å². The first-order valence-electron chi connectivity index (χ1n) is 5.16. The number of aromatic nitrogens is 4. The van der Waals surface area contributed by atoms with E-state index in [9.17, 15) is 18.0 Å². The summed E-state index contributed by atoms with van der Waals surface area (Å²) in [6.07, 6.45) is -2.38. The number of hydrogen-bond acceptors (Lipinski definition) is 5. The molecule has 2 aromatic rings. The summed E-state index contributed by atoms with van der Waals surface area (Å²) in [5.41, 5.74) is -1.34. The van der Waals surface area contributed by atoms with E-state index in [1.807, 2.05) is 0 Å². The average molecular weight is 288 g/mol. The van der Waals surface area contributed by atoms with E-state index in [2.05, 4.69) is 15.1 Å². The van der Waals surface area contributed by atoms with Crippen molar-refractivity contribution in [2.24, 2.45) is 0 Å². The number of halogens is 3. The first kappa shape index (κ1) is 13.8. The molecule has 7 nitrogen and oxygen atoms in total. The Morgan fingerprint density at radius 2 is 2.15 bits per heavy atom. The first-order valence-corrected chi connectivity index (χ1v) is 5.16. The predicted molar refractivity (Wildman–Crippen MR) is 56.8 cm³/mol. The molecule has 1 N–H and O–H groups in total. The van der Waals surface area contributed by atoms with Gasteiger partial charge in [-0.1, -0.05) is 0 Å². The van der Waals surface area contributed by atoms with E-state index in [1.54, 1.807) is 0 Å². The topological polar surface area (TPSA) is 90.1 Å². The summed E-state index contributed by atoms with van der Waals surface area (Å²) in [4.78, 5) is 17.3. The van der Waals surface area contributed by atoms with Gasteiger partial charge in [-0.3, -0.25) is 0 Å². The van der Waals surface area contributed by atoms with Crippen LogP contribution < -0.4 is 4.74 Å². The van der Waals surface area contributed by atoms with Crippen LogP contribution in [0.4, 0.5) is 13.2 Å². The van der Waals surface area contributed by atoms with Crippen LogP contribution >= 0.6 is 0 Å². The van der Waals surface area contributed by atoms with Crippen LogP contribution in [0.3, 0.4) is 0 Å². The zero-order valence-corrected chi connectivity index (χ0v) is 9.70. The third-order valence-corrected chi connectivity index (χ3v) is 2.11. The third kappa shape index (κ3) is 3.22. The van der Waals surface area contributed by atoms with Gasteiger partial charge in [0.1, 0.15) is 0 Å². The number of carbonyl (C=O) groups is 1. The van der Waals surface area contributed by atoms with Crippen LogP contribution in [0.1, 0.15) is 16.2 Å². The minimum absolute atomic E-state index is 0.210. The summed E-state index contributed by atoms with van der Waals surface area (Å²) in [5.74, 6) is -1.22. The van der Waals surface area contributed by atoms with Crippen LogP contribution in [0.25, 0.3) is 0 Å². The number of nitrogens with zero attached hydrogens (tertiary/aromatic N) is 4. The summed E-state index contributed by atoms with van der Waals surface area (Å²) >= 11 is 0. The highest BCUT2D eigenvalue weighted by atomic mass is 19.4. The second-order valence-electron chi connectivity index (χ2n) is 3.54. The molecule has 0 aliphatic carbocycles. The molecule has 0 amide bonds. The van der Waals surface area contributed by atoms with Crippen LogP contribution in [-0.2, 0) is 12.9 Å². The Labute approximate surface area is 109 Å². The van der Waals surface area contributed by atoms with Gasteiger partial charge in [0.05, 0.1) is 0 Å². The lowest BCUT2D eigenvalue weighted by Crippen LogP contribution is -2.12. The fourth-order valence-electron chi connectivity index (χ4n) is 1.24. The minimum Gasteiger partial charge on any atom is -0.476 e. The predicted octanol–water partition coefficient (Wildman–Crippen LogP) is 1.43. The molecule has 106 valence electrons. The van der Waals surface area contributed by atoms with Crippen molar-refractivity contribution in [2.75, 3.05) is 0 Å². The van der Waals surface area contributed by atoms with Crippen molar-refractivity contribution in [2.45, 2.75) is 12.9 Å². The first-order chi connectivity index (χ1) is 9.36. The number of alkyl halides is 3. The van der Waals surface area contributed by atoms with Gasteiger partial charge in [-0.05, 0) is 12.1 Å². The Balaban J connectivity index is 2.05. The second kappa shape index (κ2) is 5.15. The highest BCUT2D eigenvalue weighted by molar-refractivity contribution is 5.84. The van der Waals surface area contributed by atoms with Crippen molar-refractivity contribution < 1.29 is 27.8 Å². The monoisotopic (exact) mass is 288 g/mol. The zero-order chi connectivity index (χ0) is 14.8. The summed E-state index contributed by atoms with van der Waals surface area (Å²) in [5, 5.41) is 12.3. The molecule has 10 heteroatoms. The van der Waals surface area contributed by atoms with Gasteiger partial charge >= 0.3 is 18.2 Å². The molecule has 0 bridgehead atoms. The van der Waals surface area contributed by atoms with E-state index in [-0.39, 0.29) is 12.4 Å². The standard InChI is InChI=1S/C10H7F3N4O3/c11-10(12,13)7-1-3-14-9(15-7)20-5-17-4-2-6(16-17)8(18)19/h1-4H,5H2,(H,18,19). The van der Waals surface area contributed by atoms with Crippen molar-refractivity contribution >= 4 is 5.97 Å². The zero-order valence-electron chi connectivity index (χ0n) is 9.70. The van der Waals surface area contributed by atoms with Crippen molar-refractivity contribution in [3.05, 3.63) is 35.9 Å². The average Bonchev–Trinajstić information content (AvgIpc) is 2.85. The lowest BCUT2D eigenvalue weighted by Gasteiger charge is -2.07. The largest absolute Gasteiger partial charge is 0.476 e. The van der Waals surface area contributed by atoms with Crippen molar-refractivity contribution in [1.82, 2.24) is 19.7 Å². The molecule has 0 spiro atoms. The van der Waals surface area contributed by atoms with Crippen LogP contribution in [0.5, 0.6) is 6.01 Å². The SMILES string of the molecule is O=C(O)c1ccn(COc2nccc(C(F)(F)F)n2)n1. The molecule has 0 atom stereocenters. The van der Waals surface area contributed by atoms with E-state index >= 15 is 0 Å². The number of aromatic carboxylic acids is 1. The molecule has 0 aliphatic rings. The van der Waals surface area contributed by atoms with Gasteiger partial charge < -0.3 is 9.84 Å². The molecule has 2 aromatic heterocycles. The molecular formula is C10H7F3N4O3. The van der Waals surface area contributed by atoms with Gasteiger partial charge in [-0.2, -0.15) is 23.3 Å². The molecule has 2 rings (SSSR count). The Morgan fingerprint density at radius 3 is 2.75 bits per heavy atom. The Kier molecular flexibility index (Phi) is 3.55.